The van der Waals surface area contributed by atoms with Gasteiger partial charge in [-0.3, -0.25) is 0 Å². The normalized spacial score (nSPS) is 25.2. The zero-order valence-electron chi connectivity index (χ0n) is 14.8. The number of sulfonamides is 1. The molecule has 0 spiro atoms. The molecule has 0 fully saturated rings. The van der Waals surface area contributed by atoms with Gasteiger partial charge in [-0.25, -0.2) is 13.1 Å². The van der Waals surface area contributed by atoms with Crippen molar-refractivity contribution in [2.45, 2.75) is 28.9 Å². The highest BCUT2D eigenvalue weighted by molar-refractivity contribution is 7.89. The Hall–Kier alpha value is -2.18. The van der Waals surface area contributed by atoms with Gasteiger partial charge in [0.2, 0.25) is 10.0 Å². The van der Waals surface area contributed by atoms with Crippen LogP contribution in [0.1, 0.15) is 34.1 Å². The summed E-state index contributed by atoms with van der Waals surface area (Å²) < 4.78 is 28.8. The Kier molecular flexibility index (Phi) is 4.10. The van der Waals surface area contributed by atoms with Crippen molar-refractivity contribution in [3.63, 3.8) is 0 Å². The summed E-state index contributed by atoms with van der Waals surface area (Å²) in [5.41, 5.74) is 4.28. The molecule has 0 amide bonds. The summed E-state index contributed by atoms with van der Waals surface area (Å²) in [5.74, 6) is -0.496. The molecule has 3 aromatic carbocycles. The van der Waals surface area contributed by atoms with Crippen LogP contribution in [0.15, 0.2) is 77.7 Å². The third-order valence-corrected chi connectivity index (χ3v) is 7.54. The molecule has 0 aromatic heterocycles. The summed E-state index contributed by atoms with van der Waals surface area (Å²) in [4.78, 5) is 0.132. The fourth-order valence-corrected chi connectivity index (χ4v) is 6.04. The molecule has 6 rings (SSSR count). The Bertz CT molecular complexity index is 1110. The van der Waals surface area contributed by atoms with Gasteiger partial charge in [-0.1, -0.05) is 60.1 Å². The number of hydrogen-bond acceptors (Lipinski definition) is 3. The molecule has 3 aromatic rings. The lowest BCUT2D eigenvalue weighted by Gasteiger charge is -2.48. The smallest absolute Gasteiger partial charge is 0.240 e. The van der Waals surface area contributed by atoms with E-state index in [-0.39, 0.29) is 16.7 Å². The molecule has 142 valence electrons. The molecule has 0 radical (unpaired) electrons. The minimum Gasteiger partial charge on any atom is -0.390 e. The van der Waals surface area contributed by atoms with Gasteiger partial charge in [0.25, 0.3) is 0 Å². The summed E-state index contributed by atoms with van der Waals surface area (Å²) in [6.45, 7) is 0. The molecule has 6 heteroatoms. The first-order chi connectivity index (χ1) is 13.5. The van der Waals surface area contributed by atoms with Crippen molar-refractivity contribution in [2.75, 3.05) is 0 Å². The molecule has 2 N–H and O–H groups in total. The molecule has 2 bridgehead atoms. The van der Waals surface area contributed by atoms with E-state index in [0.29, 0.717) is 5.02 Å². The molecule has 0 saturated carbocycles. The lowest BCUT2D eigenvalue weighted by atomic mass is 9.60. The van der Waals surface area contributed by atoms with Gasteiger partial charge in [-0.15, -0.1) is 0 Å². The van der Waals surface area contributed by atoms with Crippen LogP contribution < -0.4 is 4.72 Å². The molecule has 28 heavy (non-hydrogen) atoms. The molecule has 3 aliphatic carbocycles. The van der Waals surface area contributed by atoms with Gasteiger partial charge in [0, 0.05) is 16.9 Å². The minimum absolute atomic E-state index is 0.132. The maximum Gasteiger partial charge on any atom is 0.240 e. The van der Waals surface area contributed by atoms with Crippen LogP contribution >= 0.6 is 11.6 Å². The fraction of sp³-hybridized carbons (Fsp3) is 0.182. The zero-order valence-corrected chi connectivity index (χ0v) is 16.4. The highest BCUT2D eigenvalue weighted by Gasteiger charge is 2.50. The average Bonchev–Trinajstić information content (AvgIpc) is 2.70. The van der Waals surface area contributed by atoms with E-state index < -0.39 is 22.2 Å². The largest absolute Gasteiger partial charge is 0.390 e. The van der Waals surface area contributed by atoms with Crippen LogP contribution in [0.2, 0.25) is 5.02 Å². The van der Waals surface area contributed by atoms with Gasteiger partial charge in [0.05, 0.1) is 17.0 Å². The molecule has 2 unspecified atom stereocenters. The molecule has 4 nitrogen and oxygen atoms in total. The van der Waals surface area contributed by atoms with Crippen molar-refractivity contribution >= 4 is 21.6 Å². The number of hydrogen-bond donors (Lipinski definition) is 2. The standard InChI is InChI=1S/C22H18ClNO3S/c23-13-9-11-14(12-10-13)28(26,27)24-21-19-15-5-1-3-7-17(15)20(22(21)25)18-8-4-2-6-16(18)19/h1-12,19-22,24-25H. The zero-order chi connectivity index (χ0) is 19.5. The topological polar surface area (TPSA) is 66.4 Å². The summed E-state index contributed by atoms with van der Waals surface area (Å²) in [6.07, 6.45) is -0.850. The first-order valence-corrected chi connectivity index (χ1v) is 11.0. The maximum atomic E-state index is 13.0. The Morgan fingerprint density at radius 3 is 1.71 bits per heavy atom. The molecule has 0 saturated heterocycles. The van der Waals surface area contributed by atoms with Crippen LogP contribution in [0.4, 0.5) is 0 Å². The van der Waals surface area contributed by atoms with Crippen molar-refractivity contribution in [3.8, 4) is 0 Å². The van der Waals surface area contributed by atoms with E-state index in [2.05, 4.69) is 4.72 Å². The summed E-state index contributed by atoms with van der Waals surface area (Å²) in [6, 6.07) is 21.3. The molecule has 0 heterocycles. The number of halogens is 1. The first kappa shape index (κ1) is 17.9. The predicted molar refractivity (Wildman–Crippen MR) is 108 cm³/mol. The van der Waals surface area contributed by atoms with Crippen molar-refractivity contribution < 1.29 is 13.5 Å². The number of aliphatic hydroxyl groups is 1. The Balaban J connectivity index is 1.61. The molecule has 2 atom stereocenters. The van der Waals surface area contributed by atoms with Crippen molar-refractivity contribution in [1.82, 2.24) is 4.72 Å². The van der Waals surface area contributed by atoms with E-state index >= 15 is 0 Å². The first-order valence-electron chi connectivity index (χ1n) is 9.11. The van der Waals surface area contributed by atoms with Gasteiger partial charge < -0.3 is 5.11 Å². The van der Waals surface area contributed by atoms with Crippen LogP contribution in [0.5, 0.6) is 0 Å². The van der Waals surface area contributed by atoms with E-state index in [1.165, 1.54) is 12.1 Å². The summed E-state index contributed by atoms with van der Waals surface area (Å²) in [7, 11) is -3.81. The molecular formula is C22H18ClNO3S. The number of fused-ring (bicyclic) bond motifs is 1. The van der Waals surface area contributed by atoms with Crippen LogP contribution in [-0.2, 0) is 10.0 Å². The van der Waals surface area contributed by atoms with Crippen LogP contribution in [0, 0.1) is 0 Å². The number of benzene rings is 3. The molecule has 0 aliphatic heterocycles. The third-order valence-electron chi connectivity index (χ3n) is 5.82. The van der Waals surface area contributed by atoms with E-state index in [1.807, 2.05) is 48.5 Å². The van der Waals surface area contributed by atoms with Gasteiger partial charge in [-0.05, 0) is 46.5 Å². The Morgan fingerprint density at radius 2 is 1.21 bits per heavy atom. The molecule has 3 aliphatic rings. The molecular weight excluding hydrogens is 394 g/mol. The van der Waals surface area contributed by atoms with Crippen molar-refractivity contribution in [3.05, 3.63) is 100 Å². The monoisotopic (exact) mass is 411 g/mol. The maximum absolute atomic E-state index is 13.0. The van der Waals surface area contributed by atoms with Crippen LogP contribution in [-0.4, -0.2) is 25.7 Å². The van der Waals surface area contributed by atoms with E-state index in [0.717, 1.165) is 22.3 Å². The van der Waals surface area contributed by atoms with Crippen molar-refractivity contribution in [1.29, 1.82) is 0 Å². The van der Waals surface area contributed by atoms with E-state index in [9.17, 15) is 13.5 Å². The fourth-order valence-electron chi connectivity index (χ4n) is 4.65. The highest BCUT2D eigenvalue weighted by Crippen LogP contribution is 2.52. The minimum atomic E-state index is -3.81. The van der Waals surface area contributed by atoms with Gasteiger partial charge in [0.1, 0.15) is 0 Å². The number of aliphatic hydroxyl groups excluding tert-OH is 1. The highest BCUT2D eigenvalue weighted by atomic mass is 35.5. The van der Waals surface area contributed by atoms with Gasteiger partial charge in [0.15, 0.2) is 0 Å². The second-order valence-electron chi connectivity index (χ2n) is 7.30. The Labute approximate surface area is 168 Å². The van der Waals surface area contributed by atoms with Crippen LogP contribution in [0.3, 0.4) is 0 Å². The summed E-state index contributed by atoms with van der Waals surface area (Å²) in [5, 5.41) is 11.6. The van der Waals surface area contributed by atoms with E-state index in [1.54, 1.807) is 12.1 Å². The lowest BCUT2D eigenvalue weighted by molar-refractivity contribution is 0.0946. The lowest BCUT2D eigenvalue weighted by Crippen LogP contribution is -2.55. The third kappa shape index (κ3) is 2.62. The Morgan fingerprint density at radius 1 is 0.750 bits per heavy atom. The second kappa shape index (κ2) is 6.42. The van der Waals surface area contributed by atoms with Crippen LogP contribution in [0.25, 0.3) is 0 Å². The van der Waals surface area contributed by atoms with Gasteiger partial charge in [-0.2, -0.15) is 0 Å². The summed E-state index contributed by atoms with van der Waals surface area (Å²) >= 11 is 5.89. The van der Waals surface area contributed by atoms with E-state index in [4.69, 9.17) is 11.6 Å². The van der Waals surface area contributed by atoms with Crippen molar-refractivity contribution in [2.24, 2.45) is 0 Å². The average molecular weight is 412 g/mol. The number of rotatable bonds is 3. The predicted octanol–water partition coefficient (Wildman–Crippen LogP) is 3.64. The van der Waals surface area contributed by atoms with Gasteiger partial charge >= 0.3 is 0 Å². The quantitative estimate of drug-likeness (QED) is 0.691. The second-order valence-corrected chi connectivity index (χ2v) is 9.46. The number of nitrogens with one attached hydrogen (secondary N) is 1. The SMILES string of the molecule is O=S(=O)(NC1C2c3ccccc3C(c3ccccc32)C1O)c1ccc(Cl)cc1.